The number of anilines is 1. The molecule has 2 aromatic rings. The van der Waals surface area contributed by atoms with E-state index in [-0.39, 0.29) is 5.91 Å². The van der Waals surface area contributed by atoms with Crippen molar-refractivity contribution >= 4 is 27.5 Å². The molecule has 3 nitrogen and oxygen atoms in total. The standard InChI is InChI=1S/C17H18BrNO2/c1-3-13-8-10-14(11-9-13)19-17(20)12(2)21-16-7-5-4-6-15(16)18/h4-12H,3H2,1-2H3,(H,19,20). The number of carbonyl (C=O) groups excluding carboxylic acids is 1. The Morgan fingerprint density at radius 3 is 2.48 bits per heavy atom. The average molecular weight is 348 g/mol. The van der Waals surface area contributed by atoms with E-state index in [1.807, 2.05) is 48.5 Å². The van der Waals surface area contributed by atoms with Crippen LogP contribution in [0.1, 0.15) is 19.4 Å². The summed E-state index contributed by atoms with van der Waals surface area (Å²) in [6, 6.07) is 15.3. The lowest BCUT2D eigenvalue weighted by atomic mass is 10.1. The maximum Gasteiger partial charge on any atom is 0.265 e. The summed E-state index contributed by atoms with van der Waals surface area (Å²) in [7, 11) is 0. The number of hydrogen-bond acceptors (Lipinski definition) is 2. The molecule has 21 heavy (non-hydrogen) atoms. The van der Waals surface area contributed by atoms with Gasteiger partial charge in [-0.3, -0.25) is 4.79 Å². The van der Waals surface area contributed by atoms with Gasteiger partial charge in [0.2, 0.25) is 0 Å². The number of aryl methyl sites for hydroxylation is 1. The van der Waals surface area contributed by atoms with E-state index in [2.05, 4.69) is 28.2 Å². The molecule has 0 bridgehead atoms. The van der Waals surface area contributed by atoms with Gasteiger partial charge >= 0.3 is 0 Å². The lowest BCUT2D eigenvalue weighted by Crippen LogP contribution is -2.30. The van der Waals surface area contributed by atoms with Crippen LogP contribution < -0.4 is 10.1 Å². The summed E-state index contributed by atoms with van der Waals surface area (Å²) in [6.45, 7) is 3.83. The second-order valence-corrected chi connectivity index (χ2v) is 5.58. The van der Waals surface area contributed by atoms with Crippen molar-refractivity contribution in [1.82, 2.24) is 0 Å². The third-order valence-corrected chi connectivity index (χ3v) is 3.79. The minimum Gasteiger partial charge on any atom is -0.480 e. The molecule has 0 aliphatic rings. The lowest BCUT2D eigenvalue weighted by molar-refractivity contribution is -0.122. The molecule has 2 rings (SSSR count). The van der Waals surface area contributed by atoms with Crippen molar-refractivity contribution < 1.29 is 9.53 Å². The van der Waals surface area contributed by atoms with Crippen LogP contribution in [0.5, 0.6) is 5.75 Å². The number of ether oxygens (including phenoxy) is 1. The third kappa shape index (κ3) is 4.33. The molecule has 0 aliphatic carbocycles. The molecular formula is C17H18BrNO2. The van der Waals surface area contributed by atoms with Gasteiger partial charge in [-0.15, -0.1) is 0 Å². The Balaban J connectivity index is 1.97. The number of hydrogen-bond donors (Lipinski definition) is 1. The van der Waals surface area contributed by atoms with E-state index in [4.69, 9.17) is 4.74 Å². The van der Waals surface area contributed by atoms with E-state index >= 15 is 0 Å². The molecule has 110 valence electrons. The number of amides is 1. The summed E-state index contributed by atoms with van der Waals surface area (Å²) in [5.41, 5.74) is 2.02. The molecule has 1 N–H and O–H groups in total. The predicted octanol–water partition coefficient (Wildman–Crippen LogP) is 4.42. The second-order valence-electron chi connectivity index (χ2n) is 4.73. The van der Waals surface area contributed by atoms with E-state index in [1.165, 1.54) is 5.56 Å². The number of benzene rings is 2. The van der Waals surface area contributed by atoms with E-state index in [0.717, 1.165) is 16.6 Å². The Kier molecular flexibility index (Phi) is 5.39. The first kappa shape index (κ1) is 15.6. The Morgan fingerprint density at radius 2 is 1.86 bits per heavy atom. The molecule has 1 amide bonds. The quantitative estimate of drug-likeness (QED) is 0.869. The number of rotatable bonds is 5. The molecule has 0 spiro atoms. The zero-order valence-corrected chi connectivity index (χ0v) is 13.7. The van der Waals surface area contributed by atoms with Crippen molar-refractivity contribution in [3.63, 3.8) is 0 Å². The average Bonchev–Trinajstić information content (AvgIpc) is 2.50. The fraction of sp³-hybridized carbons (Fsp3) is 0.235. The first-order valence-electron chi connectivity index (χ1n) is 6.91. The highest BCUT2D eigenvalue weighted by atomic mass is 79.9. The third-order valence-electron chi connectivity index (χ3n) is 3.14. The van der Waals surface area contributed by atoms with Gasteiger partial charge in [-0.05, 0) is 59.1 Å². The maximum absolute atomic E-state index is 12.1. The highest BCUT2D eigenvalue weighted by molar-refractivity contribution is 9.10. The van der Waals surface area contributed by atoms with Gasteiger partial charge in [0.25, 0.3) is 5.91 Å². The fourth-order valence-electron chi connectivity index (χ4n) is 1.85. The molecule has 0 radical (unpaired) electrons. The Hall–Kier alpha value is -1.81. The van der Waals surface area contributed by atoms with Crippen LogP contribution in [0.4, 0.5) is 5.69 Å². The summed E-state index contributed by atoms with van der Waals surface area (Å²) in [5, 5.41) is 2.85. The summed E-state index contributed by atoms with van der Waals surface area (Å²) in [4.78, 5) is 12.1. The molecule has 0 aliphatic heterocycles. The smallest absolute Gasteiger partial charge is 0.265 e. The van der Waals surface area contributed by atoms with E-state index < -0.39 is 6.10 Å². The molecule has 0 aromatic heterocycles. The second kappa shape index (κ2) is 7.27. The van der Waals surface area contributed by atoms with Gasteiger partial charge in [0.1, 0.15) is 5.75 Å². The summed E-state index contributed by atoms with van der Waals surface area (Å²) in [5.74, 6) is 0.483. The zero-order chi connectivity index (χ0) is 15.2. The molecule has 0 saturated heterocycles. The summed E-state index contributed by atoms with van der Waals surface area (Å²) >= 11 is 3.40. The van der Waals surface area contributed by atoms with E-state index in [9.17, 15) is 4.79 Å². The van der Waals surface area contributed by atoms with Gasteiger partial charge in [-0.1, -0.05) is 31.2 Å². The van der Waals surface area contributed by atoms with Crippen molar-refractivity contribution in [3.05, 3.63) is 58.6 Å². The minimum atomic E-state index is -0.574. The number of para-hydroxylation sites is 1. The minimum absolute atomic E-state index is 0.171. The first-order chi connectivity index (χ1) is 10.1. The molecular weight excluding hydrogens is 330 g/mol. The van der Waals surface area contributed by atoms with E-state index in [1.54, 1.807) is 6.92 Å². The van der Waals surface area contributed by atoms with Crippen LogP contribution in [0, 0.1) is 0 Å². The predicted molar refractivity (Wildman–Crippen MR) is 88.7 cm³/mol. The molecule has 1 unspecified atom stereocenters. The van der Waals surface area contributed by atoms with Crippen molar-refractivity contribution in [2.75, 3.05) is 5.32 Å². The Labute approximate surface area is 133 Å². The van der Waals surface area contributed by atoms with Gasteiger partial charge in [-0.2, -0.15) is 0 Å². The van der Waals surface area contributed by atoms with Gasteiger partial charge in [0, 0.05) is 5.69 Å². The molecule has 4 heteroatoms. The van der Waals surface area contributed by atoms with Gasteiger partial charge in [-0.25, -0.2) is 0 Å². The molecule has 1 atom stereocenters. The SMILES string of the molecule is CCc1ccc(NC(=O)C(C)Oc2ccccc2Br)cc1. The Morgan fingerprint density at radius 1 is 1.19 bits per heavy atom. The first-order valence-corrected chi connectivity index (χ1v) is 7.70. The van der Waals surface area contributed by atoms with E-state index in [0.29, 0.717) is 5.75 Å². The van der Waals surface area contributed by atoms with Crippen molar-refractivity contribution in [3.8, 4) is 5.75 Å². The Bertz CT molecular complexity index is 610. The van der Waals surface area contributed by atoms with Crippen molar-refractivity contribution in [2.45, 2.75) is 26.4 Å². The van der Waals surface area contributed by atoms with Gasteiger partial charge in [0.15, 0.2) is 6.10 Å². The van der Waals surface area contributed by atoms with Gasteiger partial charge < -0.3 is 10.1 Å². The lowest BCUT2D eigenvalue weighted by Gasteiger charge is -2.15. The number of halogens is 1. The highest BCUT2D eigenvalue weighted by Gasteiger charge is 2.15. The molecule has 0 saturated carbocycles. The maximum atomic E-state index is 12.1. The zero-order valence-electron chi connectivity index (χ0n) is 12.1. The van der Waals surface area contributed by atoms with Gasteiger partial charge in [0.05, 0.1) is 4.47 Å². The highest BCUT2D eigenvalue weighted by Crippen LogP contribution is 2.25. The normalized spacial score (nSPS) is 11.8. The largest absolute Gasteiger partial charge is 0.480 e. The van der Waals surface area contributed by atoms with Crippen molar-refractivity contribution in [2.24, 2.45) is 0 Å². The van der Waals surface area contributed by atoms with Crippen LogP contribution in [0.3, 0.4) is 0 Å². The monoisotopic (exact) mass is 347 g/mol. The van der Waals surface area contributed by atoms with Crippen LogP contribution >= 0.6 is 15.9 Å². The fourth-order valence-corrected chi connectivity index (χ4v) is 2.23. The van der Waals surface area contributed by atoms with Crippen LogP contribution in [0.25, 0.3) is 0 Å². The number of carbonyl (C=O) groups is 1. The topological polar surface area (TPSA) is 38.3 Å². The van der Waals surface area contributed by atoms with Crippen LogP contribution in [0.15, 0.2) is 53.0 Å². The van der Waals surface area contributed by atoms with Crippen LogP contribution in [-0.4, -0.2) is 12.0 Å². The molecule has 0 heterocycles. The van der Waals surface area contributed by atoms with Crippen LogP contribution in [0.2, 0.25) is 0 Å². The van der Waals surface area contributed by atoms with Crippen molar-refractivity contribution in [1.29, 1.82) is 0 Å². The summed E-state index contributed by atoms with van der Waals surface area (Å²) < 4.78 is 6.50. The number of nitrogens with one attached hydrogen (secondary N) is 1. The summed E-state index contributed by atoms with van der Waals surface area (Å²) in [6.07, 6.45) is 0.407. The molecule has 2 aromatic carbocycles. The van der Waals surface area contributed by atoms with Crippen LogP contribution in [-0.2, 0) is 11.2 Å². The molecule has 0 fully saturated rings.